The molecule has 0 radical (unpaired) electrons. The fraction of sp³-hybridized carbons (Fsp3) is 0.462. The van der Waals surface area contributed by atoms with Crippen LogP contribution < -0.4 is 0 Å². The lowest BCUT2D eigenvalue weighted by atomic mass is 10.1. The van der Waals surface area contributed by atoms with Gasteiger partial charge in [0.05, 0.1) is 12.7 Å². The molecule has 1 aromatic rings. The van der Waals surface area contributed by atoms with Crippen molar-refractivity contribution in [2.75, 3.05) is 6.61 Å². The second kappa shape index (κ2) is 7.14. The van der Waals surface area contributed by atoms with E-state index in [2.05, 4.69) is 0 Å². The number of Topliss-reactive ketones (excluding diaryl/α,β-unsaturated/α-hetero) is 1. The number of carbonyl (C=O) groups is 1. The summed E-state index contributed by atoms with van der Waals surface area (Å²) < 4.78 is 5.40. The fourth-order valence-corrected chi connectivity index (χ4v) is 1.42. The Bertz CT molecular complexity index is 308. The monoisotopic (exact) mass is 222 g/mol. The van der Waals surface area contributed by atoms with Crippen LogP contribution in [-0.2, 0) is 16.1 Å². The Morgan fingerprint density at radius 1 is 1.38 bits per heavy atom. The predicted octanol–water partition coefficient (Wildman–Crippen LogP) is 1.93. The van der Waals surface area contributed by atoms with Crippen molar-refractivity contribution in [1.29, 1.82) is 0 Å². The first kappa shape index (κ1) is 12.9. The standard InChI is InChI=1S/C13H18O3/c1-11(14)9-13(15)7-8-16-10-12-5-3-2-4-6-12/h2-6,13,15H,7-10H2,1H3/t13-/m0/s1. The topological polar surface area (TPSA) is 46.5 Å². The average Bonchev–Trinajstić information content (AvgIpc) is 2.25. The zero-order valence-corrected chi connectivity index (χ0v) is 9.56. The SMILES string of the molecule is CC(=O)C[C@@H](O)CCOCc1ccccc1. The van der Waals surface area contributed by atoms with Gasteiger partial charge in [0.2, 0.25) is 0 Å². The second-order valence-electron chi connectivity index (χ2n) is 3.89. The molecule has 0 aliphatic rings. The molecule has 0 heterocycles. The second-order valence-corrected chi connectivity index (χ2v) is 3.89. The van der Waals surface area contributed by atoms with Crippen LogP contribution in [0.15, 0.2) is 30.3 Å². The number of benzene rings is 1. The average molecular weight is 222 g/mol. The number of hydrogen-bond donors (Lipinski definition) is 1. The molecule has 3 nitrogen and oxygen atoms in total. The lowest BCUT2D eigenvalue weighted by Crippen LogP contribution is -2.14. The van der Waals surface area contributed by atoms with Crippen LogP contribution in [0.25, 0.3) is 0 Å². The Morgan fingerprint density at radius 2 is 2.06 bits per heavy atom. The van der Waals surface area contributed by atoms with Crippen LogP contribution in [0, 0.1) is 0 Å². The molecule has 1 N–H and O–H groups in total. The van der Waals surface area contributed by atoms with Crippen molar-refractivity contribution < 1.29 is 14.6 Å². The van der Waals surface area contributed by atoms with Crippen LogP contribution >= 0.6 is 0 Å². The molecule has 0 spiro atoms. The van der Waals surface area contributed by atoms with Gasteiger partial charge in [-0.3, -0.25) is 4.79 Å². The van der Waals surface area contributed by atoms with Gasteiger partial charge in [0.25, 0.3) is 0 Å². The number of carbonyl (C=O) groups excluding carboxylic acids is 1. The Balaban J connectivity index is 2.10. The first-order valence-electron chi connectivity index (χ1n) is 5.47. The Hall–Kier alpha value is -1.19. The predicted molar refractivity (Wildman–Crippen MR) is 62.0 cm³/mol. The third kappa shape index (κ3) is 5.63. The molecule has 1 rings (SSSR count). The molecule has 1 aromatic carbocycles. The maximum Gasteiger partial charge on any atom is 0.132 e. The Morgan fingerprint density at radius 3 is 2.69 bits per heavy atom. The van der Waals surface area contributed by atoms with Crippen molar-refractivity contribution in [1.82, 2.24) is 0 Å². The zero-order chi connectivity index (χ0) is 11.8. The minimum absolute atomic E-state index is 0.00978. The first-order chi connectivity index (χ1) is 7.68. The molecule has 0 amide bonds. The highest BCUT2D eigenvalue weighted by Crippen LogP contribution is 2.03. The van der Waals surface area contributed by atoms with Gasteiger partial charge in [-0.15, -0.1) is 0 Å². The van der Waals surface area contributed by atoms with Crippen LogP contribution in [0.3, 0.4) is 0 Å². The van der Waals surface area contributed by atoms with Crippen LogP contribution in [0.5, 0.6) is 0 Å². The normalized spacial score (nSPS) is 12.4. The lowest BCUT2D eigenvalue weighted by Gasteiger charge is -2.08. The van der Waals surface area contributed by atoms with E-state index in [9.17, 15) is 9.90 Å². The molecule has 0 aliphatic heterocycles. The van der Waals surface area contributed by atoms with E-state index >= 15 is 0 Å². The summed E-state index contributed by atoms with van der Waals surface area (Å²) in [6.45, 7) is 2.50. The smallest absolute Gasteiger partial charge is 0.132 e. The largest absolute Gasteiger partial charge is 0.393 e. The number of aliphatic hydroxyl groups is 1. The van der Waals surface area contributed by atoms with Gasteiger partial charge in [0.15, 0.2) is 0 Å². The molecule has 1 atom stereocenters. The van der Waals surface area contributed by atoms with Gasteiger partial charge in [0, 0.05) is 13.0 Å². The molecule has 0 aromatic heterocycles. The summed E-state index contributed by atoms with van der Waals surface area (Å²) >= 11 is 0. The van der Waals surface area contributed by atoms with E-state index in [1.807, 2.05) is 30.3 Å². The molecule has 0 fully saturated rings. The zero-order valence-electron chi connectivity index (χ0n) is 9.56. The molecule has 0 aliphatic carbocycles. The Kier molecular flexibility index (Phi) is 5.75. The summed E-state index contributed by atoms with van der Waals surface area (Å²) in [7, 11) is 0. The quantitative estimate of drug-likeness (QED) is 0.717. The van der Waals surface area contributed by atoms with Crippen molar-refractivity contribution in [2.24, 2.45) is 0 Å². The van der Waals surface area contributed by atoms with Crippen molar-refractivity contribution >= 4 is 5.78 Å². The van der Waals surface area contributed by atoms with Gasteiger partial charge in [-0.1, -0.05) is 30.3 Å². The highest BCUT2D eigenvalue weighted by Gasteiger charge is 2.06. The summed E-state index contributed by atoms with van der Waals surface area (Å²) in [5.74, 6) is 0.00978. The van der Waals surface area contributed by atoms with Crippen molar-refractivity contribution in [3.05, 3.63) is 35.9 Å². The van der Waals surface area contributed by atoms with E-state index in [1.54, 1.807) is 0 Å². The summed E-state index contributed by atoms with van der Waals surface area (Å²) in [4.78, 5) is 10.7. The van der Waals surface area contributed by atoms with E-state index in [0.717, 1.165) is 5.56 Å². The van der Waals surface area contributed by atoms with Gasteiger partial charge in [-0.05, 0) is 18.9 Å². The summed E-state index contributed by atoms with van der Waals surface area (Å²) in [5, 5.41) is 9.42. The number of ether oxygens (including phenoxy) is 1. The van der Waals surface area contributed by atoms with E-state index in [-0.39, 0.29) is 12.2 Å². The molecule has 0 bridgehead atoms. The minimum atomic E-state index is -0.576. The lowest BCUT2D eigenvalue weighted by molar-refractivity contribution is -0.119. The van der Waals surface area contributed by atoms with Gasteiger partial charge in [-0.25, -0.2) is 0 Å². The van der Waals surface area contributed by atoms with Crippen molar-refractivity contribution in [3.8, 4) is 0 Å². The number of rotatable bonds is 7. The number of ketones is 1. The highest BCUT2D eigenvalue weighted by molar-refractivity contribution is 5.75. The summed E-state index contributed by atoms with van der Waals surface area (Å²) in [5.41, 5.74) is 1.11. The number of aliphatic hydroxyl groups excluding tert-OH is 1. The Labute approximate surface area is 96.1 Å². The third-order valence-corrected chi connectivity index (χ3v) is 2.23. The molecule has 88 valence electrons. The van der Waals surface area contributed by atoms with Crippen LogP contribution in [0.1, 0.15) is 25.3 Å². The minimum Gasteiger partial charge on any atom is -0.393 e. The third-order valence-electron chi connectivity index (χ3n) is 2.23. The molecule has 16 heavy (non-hydrogen) atoms. The van der Waals surface area contributed by atoms with Crippen LogP contribution in [0.2, 0.25) is 0 Å². The molecular formula is C13H18O3. The van der Waals surface area contributed by atoms with Gasteiger partial charge in [-0.2, -0.15) is 0 Å². The maximum absolute atomic E-state index is 10.7. The fourth-order valence-electron chi connectivity index (χ4n) is 1.42. The van der Waals surface area contributed by atoms with Gasteiger partial charge >= 0.3 is 0 Å². The van der Waals surface area contributed by atoms with E-state index in [4.69, 9.17) is 4.74 Å². The van der Waals surface area contributed by atoms with Crippen molar-refractivity contribution in [2.45, 2.75) is 32.5 Å². The van der Waals surface area contributed by atoms with Gasteiger partial charge in [0.1, 0.15) is 5.78 Å². The molecule has 0 unspecified atom stereocenters. The molecular weight excluding hydrogens is 204 g/mol. The van der Waals surface area contributed by atoms with Gasteiger partial charge < -0.3 is 9.84 Å². The molecule has 3 heteroatoms. The van der Waals surface area contributed by atoms with Crippen LogP contribution in [-0.4, -0.2) is 23.6 Å². The molecule has 0 saturated heterocycles. The van der Waals surface area contributed by atoms with E-state index in [1.165, 1.54) is 6.92 Å². The van der Waals surface area contributed by atoms with Crippen LogP contribution in [0.4, 0.5) is 0 Å². The summed E-state index contributed by atoms with van der Waals surface area (Å²) in [6, 6.07) is 9.87. The van der Waals surface area contributed by atoms with E-state index < -0.39 is 6.10 Å². The first-order valence-corrected chi connectivity index (χ1v) is 5.47. The van der Waals surface area contributed by atoms with E-state index in [0.29, 0.717) is 19.6 Å². The van der Waals surface area contributed by atoms with Crippen molar-refractivity contribution in [3.63, 3.8) is 0 Å². The maximum atomic E-state index is 10.7. The summed E-state index contributed by atoms with van der Waals surface area (Å²) in [6.07, 6.45) is 0.148. The highest BCUT2D eigenvalue weighted by atomic mass is 16.5. The number of hydrogen-bond acceptors (Lipinski definition) is 3. The molecule has 0 saturated carbocycles.